The molecule has 2 unspecified atom stereocenters. The lowest BCUT2D eigenvalue weighted by molar-refractivity contribution is 0.411. The highest BCUT2D eigenvalue weighted by atomic mass is 32.1. The molecular formula is C14H18N2OS. The van der Waals surface area contributed by atoms with Gasteiger partial charge in [-0.15, -0.1) is 0 Å². The molecule has 2 aromatic rings. The molecule has 1 aromatic carbocycles. The second-order valence-corrected chi connectivity index (χ2v) is 5.55. The van der Waals surface area contributed by atoms with Gasteiger partial charge >= 0.3 is 0 Å². The maximum absolute atomic E-state index is 5.49. The van der Waals surface area contributed by atoms with Crippen molar-refractivity contribution in [1.29, 1.82) is 0 Å². The topological polar surface area (TPSA) is 29.9 Å². The molecule has 1 fully saturated rings. The standard InChI is InChI=1S/C14H18N2OS/c1-9-4-3-5-12(9)16-13-7-6-10(17-2)8-11(13)15-14(16)18/h6-9,12H,3-5H2,1-2H3,(H,15,18). The van der Waals surface area contributed by atoms with Gasteiger partial charge in [0.1, 0.15) is 5.75 Å². The normalized spacial score (nSPS) is 23.7. The third-order valence-corrected chi connectivity index (χ3v) is 4.37. The van der Waals surface area contributed by atoms with Gasteiger partial charge in [0.25, 0.3) is 0 Å². The van der Waals surface area contributed by atoms with Gasteiger partial charge in [-0.1, -0.05) is 13.3 Å². The Morgan fingerprint density at radius 1 is 1.39 bits per heavy atom. The monoisotopic (exact) mass is 262 g/mol. The Kier molecular flexibility index (Phi) is 2.90. The van der Waals surface area contributed by atoms with Gasteiger partial charge in [0.2, 0.25) is 0 Å². The first-order valence-corrected chi connectivity index (χ1v) is 6.90. The van der Waals surface area contributed by atoms with Crippen molar-refractivity contribution < 1.29 is 4.74 Å². The third kappa shape index (κ3) is 1.75. The number of benzene rings is 1. The number of nitrogens with zero attached hydrogens (tertiary/aromatic N) is 1. The summed E-state index contributed by atoms with van der Waals surface area (Å²) >= 11 is 5.49. The summed E-state index contributed by atoms with van der Waals surface area (Å²) in [6.07, 6.45) is 3.83. The molecule has 0 aliphatic heterocycles. The minimum atomic E-state index is 0.541. The number of rotatable bonds is 2. The molecule has 0 radical (unpaired) electrons. The van der Waals surface area contributed by atoms with E-state index in [2.05, 4.69) is 22.5 Å². The summed E-state index contributed by atoms with van der Waals surface area (Å²) in [6.45, 7) is 2.32. The summed E-state index contributed by atoms with van der Waals surface area (Å²) < 4.78 is 8.38. The van der Waals surface area contributed by atoms with E-state index in [0.29, 0.717) is 12.0 Å². The van der Waals surface area contributed by atoms with E-state index in [0.717, 1.165) is 16.0 Å². The highest BCUT2D eigenvalue weighted by Gasteiger charge is 2.26. The largest absolute Gasteiger partial charge is 0.497 e. The van der Waals surface area contributed by atoms with Crippen molar-refractivity contribution in [3.8, 4) is 5.75 Å². The molecule has 1 aliphatic rings. The summed E-state index contributed by atoms with van der Waals surface area (Å²) in [4.78, 5) is 3.30. The number of ether oxygens (including phenoxy) is 1. The average Bonchev–Trinajstić information content (AvgIpc) is 2.90. The van der Waals surface area contributed by atoms with Crippen LogP contribution in [0, 0.1) is 10.7 Å². The van der Waals surface area contributed by atoms with E-state index in [-0.39, 0.29) is 0 Å². The minimum Gasteiger partial charge on any atom is -0.497 e. The van der Waals surface area contributed by atoms with Crippen molar-refractivity contribution in [3.05, 3.63) is 23.0 Å². The summed E-state index contributed by atoms with van der Waals surface area (Å²) in [5.74, 6) is 1.57. The zero-order chi connectivity index (χ0) is 12.7. The second kappa shape index (κ2) is 4.43. The Morgan fingerprint density at radius 2 is 2.22 bits per heavy atom. The molecule has 2 atom stereocenters. The lowest BCUT2D eigenvalue weighted by Gasteiger charge is -2.18. The van der Waals surface area contributed by atoms with E-state index in [1.165, 1.54) is 24.8 Å². The predicted octanol–water partition coefficient (Wildman–Crippen LogP) is 4.07. The molecule has 96 valence electrons. The fourth-order valence-electron chi connectivity index (χ4n) is 3.08. The van der Waals surface area contributed by atoms with Crippen LogP contribution in [0.5, 0.6) is 5.75 Å². The lowest BCUT2D eigenvalue weighted by atomic mass is 10.1. The highest BCUT2D eigenvalue weighted by Crippen LogP contribution is 2.37. The van der Waals surface area contributed by atoms with Crippen molar-refractivity contribution in [2.45, 2.75) is 32.2 Å². The van der Waals surface area contributed by atoms with E-state index in [1.54, 1.807) is 7.11 Å². The highest BCUT2D eigenvalue weighted by molar-refractivity contribution is 7.71. The van der Waals surface area contributed by atoms with Crippen LogP contribution in [0.2, 0.25) is 0 Å². The summed E-state index contributed by atoms with van der Waals surface area (Å²) in [5, 5.41) is 0. The first-order valence-electron chi connectivity index (χ1n) is 6.49. The van der Waals surface area contributed by atoms with Crippen LogP contribution in [-0.4, -0.2) is 16.7 Å². The first kappa shape index (κ1) is 11.8. The number of H-pyrrole nitrogens is 1. The molecule has 1 saturated carbocycles. The Bertz CT molecular complexity index is 628. The van der Waals surface area contributed by atoms with Crippen molar-refractivity contribution in [2.75, 3.05) is 7.11 Å². The van der Waals surface area contributed by atoms with E-state index in [1.807, 2.05) is 12.1 Å². The van der Waals surface area contributed by atoms with Crippen LogP contribution in [0.25, 0.3) is 11.0 Å². The van der Waals surface area contributed by atoms with Crippen molar-refractivity contribution in [1.82, 2.24) is 9.55 Å². The smallest absolute Gasteiger partial charge is 0.178 e. The van der Waals surface area contributed by atoms with Gasteiger partial charge in [0, 0.05) is 12.1 Å². The van der Waals surface area contributed by atoms with Crippen LogP contribution < -0.4 is 4.74 Å². The number of hydrogen-bond acceptors (Lipinski definition) is 2. The molecule has 3 rings (SSSR count). The zero-order valence-corrected chi connectivity index (χ0v) is 11.6. The number of hydrogen-bond donors (Lipinski definition) is 1. The molecule has 4 heteroatoms. The first-order chi connectivity index (χ1) is 8.70. The van der Waals surface area contributed by atoms with E-state index in [4.69, 9.17) is 17.0 Å². The van der Waals surface area contributed by atoms with Gasteiger partial charge in [0.05, 0.1) is 18.1 Å². The van der Waals surface area contributed by atoms with Gasteiger partial charge in [-0.2, -0.15) is 0 Å². The molecule has 3 nitrogen and oxygen atoms in total. The maximum atomic E-state index is 5.49. The third-order valence-electron chi connectivity index (χ3n) is 4.07. The quantitative estimate of drug-likeness (QED) is 0.827. The Morgan fingerprint density at radius 3 is 2.89 bits per heavy atom. The molecule has 18 heavy (non-hydrogen) atoms. The summed E-state index contributed by atoms with van der Waals surface area (Å²) in [7, 11) is 1.69. The van der Waals surface area contributed by atoms with Crippen LogP contribution >= 0.6 is 12.2 Å². The molecule has 1 N–H and O–H groups in total. The second-order valence-electron chi connectivity index (χ2n) is 5.16. The molecule has 1 heterocycles. The molecule has 0 bridgehead atoms. The number of methoxy groups -OCH3 is 1. The lowest BCUT2D eigenvalue weighted by Crippen LogP contribution is -2.11. The Hall–Kier alpha value is -1.29. The van der Waals surface area contributed by atoms with E-state index in [9.17, 15) is 0 Å². The number of aromatic nitrogens is 2. The number of aromatic amines is 1. The number of fused-ring (bicyclic) bond motifs is 1. The maximum Gasteiger partial charge on any atom is 0.178 e. The van der Waals surface area contributed by atoms with Gasteiger partial charge in [0.15, 0.2) is 4.77 Å². The van der Waals surface area contributed by atoms with Crippen molar-refractivity contribution >= 4 is 23.3 Å². The van der Waals surface area contributed by atoms with Crippen LogP contribution in [0.3, 0.4) is 0 Å². The molecule has 0 saturated heterocycles. The van der Waals surface area contributed by atoms with Gasteiger partial charge < -0.3 is 14.3 Å². The van der Waals surface area contributed by atoms with Crippen molar-refractivity contribution in [2.24, 2.45) is 5.92 Å². The van der Waals surface area contributed by atoms with Crippen LogP contribution in [0.15, 0.2) is 18.2 Å². The number of nitrogens with one attached hydrogen (secondary N) is 1. The summed E-state index contributed by atoms with van der Waals surface area (Å²) in [6, 6.07) is 6.66. The Balaban J connectivity index is 2.17. The van der Waals surface area contributed by atoms with Crippen LogP contribution in [0.4, 0.5) is 0 Å². The zero-order valence-electron chi connectivity index (χ0n) is 10.8. The fourth-order valence-corrected chi connectivity index (χ4v) is 3.42. The molecule has 0 spiro atoms. The van der Waals surface area contributed by atoms with Gasteiger partial charge in [-0.25, -0.2) is 0 Å². The van der Waals surface area contributed by atoms with E-state index < -0.39 is 0 Å². The molecule has 1 aromatic heterocycles. The number of imidazole rings is 1. The van der Waals surface area contributed by atoms with Gasteiger partial charge in [-0.3, -0.25) is 0 Å². The minimum absolute atomic E-state index is 0.541. The molecule has 1 aliphatic carbocycles. The average molecular weight is 262 g/mol. The van der Waals surface area contributed by atoms with Crippen LogP contribution in [-0.2, 0) is 0 Å². The van der Waals surface area contributed by atoms with Crippen molar-refractivity contribution in [3.63, 3.8) is 0 Å². The van der Waals surface area contributed by atoms with E-state index >= 15 is 0 Å². The molecule has 0 amide bonds. The van der Waals surface area contributed by atoms with Gasteiger partial charge in [-0.05, 0) is 43.1 Å². The fraction of sp³-hybridized carbons (Fsp3) is 0.500. The SMILES string of the molecule is COc1ccc2c(c1)[nH]c(=S)n2C1CCCC1C. The van der Waals surface area contributed by atoms with Crippen LogP contribution in [0.1, 0.15) is 32.2 Å². The Labute approximate surface area is 112 Å². The molecular weight excluding hydrogens is 244 g/mol. The predicted molar refractivity (Wildman–Crippen MR) is 75.7 cm³/mol. The summed E-state index contributed by atoms with van der Waals surface area (Å²) in [5.41, 5.74) is 2.26.